The molecule has 1 aliphatic rings. The first-order valence-electron chi connectivity index (χ1n) is 11.6. The first-order chi connectivity index (χ1) is 15.9. The van der Waals surface area contributed by atoms with E-state index in [1.54, 1.807) is 29.6 Å². The zero-order valence-corrected chi connectivity index (χ0v) is 20.0. The highest BCUT2D eigenvalue weighted by molar-refractivity contribution is 5.97. The van der Waals surface area contributed by atoms with Gasteiger partial charge < -0.3 is 14.7 Å². The van der Waals surface area contributed by atoms with Gasteiger partial charge in [0.15, 0.2) is 0 Å². The second kappa shape index (κ2) is 11.8. The fourth-order valence-corrected chi connectivity index (χ4v) is 3.85. The van der Waals surface area contributed by atoms with Crippen molar-refractivity contribution in [2.24, 2.45) is 5.92 Å². The number of unbranched alkanes of at least 4 members (excludes halogenated alkanes) is 1. The standard InChI is InChI=1S/C26H34N4O3/c1-5-6-7-8-22-13-23-25(28-14-22)33-24(17-29(4)16-21-9-11-27-12-10-21)19(2)15-30(26(23)32)20(3)18-31/h9-14,19-20,24,31H,5-6,15-18H2,1-4H3/t19-,20+,24+/m1/s1. The molecule has 7 nitrogen and oxygen atoms in total. The largest absolute Gasteiger partial charge is 0.472 e. The van der Waals surface area contributed by atoms with Gasteiger partial charge in [-0.05, 0) is 44.2 Å². The molecule has 3 rings (SSSR count). The third-order valence-corrected chi connectivity index (χ3v) is 5.82. The van der Waals surface area contributed by atoms with Crippen molar-refractivity contribution in [2.45, 2.75) is 52.3 Å². The topological polar surface area (TPSA) is 78.8 Å². The predicted molar refractivity (Wildman–Crippen MR) is 128 cm³/mol. The highest BCUT2D eigenvalue weighted by Crippen LogP contribution is 2.27. The number of ether oxygens (including phenoxy) is 1. The Morgan fingerprint density at radius 1 is 1.36 bits per heavy atom. The average molecular weight is 451 g/mol. The number of rotatable bonds is 7. The molecule has 0 aromatic carbocycles. The molecule has 0 bridgehead atoms. The second-order valence-electron chi connectivity index (χ2n) is 8.80. The number of likely N-dealkylation sites (N-methyl/N-ethyl adjacent to an activating group) is 1. The molecular formula is C26H34N4O3. The van der Waals surface area contributed by atoms with Crippen molar-refractivity contribution >= 4 is 5.91 Å². The van der Waals surface area contributed by atoms with Gasteiger partial charge in [0.25, 0.3) is 5.91 Å². The van der Waals surface area contributed by atoms with E-state index in [0.717, 1.165) is 19.4 Å². The average Bonchev–Trinajstić information content (AvgIpc) is 2.82. The zero-order valence-electron chi connectivity index (χ0n) is 20.0. The van der Waals surface area contributed by atoms with E-state index in [2.05, 4.69) is 47.6 Å². The number of nitrogens with zero attached hydrogens (tertiary/aromatic N) is 4. The molecule has 1 aliphatic heterocycles. The van der Waals surface area contributed by atoms with Crippen molar-refractivity contribution < 1.29 is 14.6 Å². The van der Waals surface area contributed by atoms with Gasteiger partial charge >= 0.3 is 0 Å². The lowest BCUT2D eigenvalue weighted by atomic mass is 9.99. The molecule has 176 valence electrons. The quantitative estimate of drug-likeness (QED) is 0.654. The summed E-state index contributed by atoms with van der Waals surface area (Å²) in [5.41, 5.74) is 2.26. The van der Waals surface area contributed by atoms with Crippen LogP contribution in [0.4, 0.5) is 0 Å². The summed E-state index contributed by atoms with van der Waals surface area (Å²) in [4.78, 5) is 25.9. The Kier molecular flexibility index (Phi) is 8.81. The van der Waals surface area contributed by atoms with Crippen LogP contribution in [0.5, 0.6) is 5.88 Å². The summed E-state index contributed by atoms with van der Waals surface area (Å²) in [6.45, 7) is 7.81. The van der Waals surface area contributed by atoms with E-state index in [0.29, 0.717) is 30.1 Å². The maximum Gasteiger partial charge on any atom is 0.259 e. The number of pyridine rings is 2. The molecule has 1 N–H and O–H groups in total. The molecule has 0 unspecified atom stereocenters. The zero-order chi connectivity index (χ0) is 23.8. The van der Waals surface area contributed by atoms with Crippen molar-refractivity contribution in [3.63, 3.8) is 0 Å². The second-order valence-corrected chi connectivity index (χ2v) is 8.80. The Morgan fingerprint density at radius 2 is 2.12 bits per heavy atom. The van der Waals surface area contributed by atoms with Gasteiger partial charge in [-0.1, -0.05) is 25.7 Å². The lowest BCUT2D eigenvalue weighted by Gasteiger charge is -2.37. The molecule has 7 heteroatoms. The Bertz CT molecular complexity index is 986. The number of amides is 1. The highest BCUT2D eigenvalue weighted by atomic mass is 16.5. The van der Waals surface area contributed by atoms with E-state index < -0.39 is 0 Å². The summed E-state index contributed by atoms with van der Waals surface area (Å²) in [7, 11) is 2.05. The van der Waals surface area contributed by atoms with Crippen molar-refractivity contribution in [3.05, 3.63) is 53.5 Å². The molecular weight excluding hydrogens is 416 g/mol. The van der Waals surface area contributed by atoms with Crippen molar-refractivity contribution in [3.8, 4) is 17.7 Å². The summed E-state index contributed by atoms with van der Waals surface area (Å²) in [6, 6.07) is 5.45. The monoisotopic (exact) mass is 450 g/mol. The van der Waals surface area contributed by atoms with Crippen LogP contribution >= 0.6 is 0 Å². The molecule has 1 amide bonds. The fraction of sp³-hybridized carbons (Fsp3) is 0.500. The Morgan fingerprint density at radius 3 is 2.82 bits per heavy atom. The molecule has 2 aromatic rings. The van der Waals surface area contributed by atoms with Crippen LogP contribution in [0.25, 0.3) is 0 Å². The third kappa shape index (κ3) is 6.53. The number of hydrogen-bond acceptors (Lipinski definition) is 6. The van der Waals surface area contributed by atoms with E-state index in [1.807, 2.05) is 19.1 Å². The van der Waals surface area contributed by atoms with Crippen LogP contribution in [-0.2, 0) is 6.54 Å². The van der Waals surface area contributed by atoms with Crippen molar-refractivity contribution in [1.29, 1.82) is 0 Å². The number of aliphatic hydroxyl groups is 1. The van der Waals surface area contributed by atoms with Gasteiger partial charge in [-0.3, -0.25) is 14.7 Å². The van der Waals surface area contributed by atoms with Crippen LogP contribution in [-0.4, -0.2) is 69.7 Å². The van der Waals surface area contributed by atoms with Crippen LogP contribution in [0.2, 0.25) is 0 Å². The molecule has 0 fully saturated rings. The van der Waals surface area contributed by atoms with Crippen molar-refractivity contribution in [2.75, 3.05) is 26.7 Å². The SMILES string of the molecule is CCCC#Cc1cnc2c(c1)C(=O)N([C@@H](C)CO)C[C@@H](C)[C@H](CN(C)Cc1ccncc1)O2. The summed E-state index contributed by atoms with van der Waals surface area (Å²) in [5.74, 6) is 6.37. The molecule has 0 saturated heterocycles. The Balaban J connectivity index is 1.89. The lowest BCUT2D eigenvalue weighted by Crippen LogP contribution is -2.49. The molecule has 3 heterocycles. The molecule has 0 radical (unpaired) electrons. The molecule has 0 spiro atoms. The minimum atomic E-state index is -0.309. The number of carbonyl (C=O) groups excluding carboxylic acids is 1. The first kappa shape index (κ1) is 24.7. The van der Waals surface area contributed by atoms with E-state index in [4.69, 9.17) is 4.74 Å². The number of fused-ring (bicyclic) bond motifs is 1. The van der Waals surface area contributed by atoms with Gasteiger partial charge in [-0.2, -0.15) is 0 Å². The highest BCUT2D eigenvalue weighted by Gasteiger charge is 2.34. The van der Waals surface area contributed by atoms with Gasteiger partial charge in [0.2, 0.25) is 5.88 Å². The molecule has 0 aliphatic carbocycles. The summed E-state index contributed by atoms with van der Waals surface area (Å²) < 4.78 is 6.35. The van der Waals surface area contributed by atoms with Gasteiger partial charge in [-0.25, -0.2) is 4.98 Å². The minimum absolute atomic E-state index is 0.0433. The molecule has 0 saturated carbocycles. The first-order valence-corrected chi connectivity index (χ1v) is 11.6. The molecule has 2 aromatic heterocycles. The smallest absolute Gasteiger partial charge is 0.259 e. The summed E-state index contributed by atoms with van der Waals surface area (Å²) in [5, 5.41) is 9.80. The van der Waals surface area contributed by atoms with Gasteiger partial charge in [0.05, 0.1) is 12.6 Å². The predicted octanol–water partition coefficient (Wildman–Crippen LogP) is 2.98. The number of aromatic nitrogens is 2. The summed E-state index contributed by atoms with van der Waals surface area (Å²) in [6.07, 6.45) is 6.83. The van der Waals surface area contributed by atoms with E-state index >= 15 is 0 Å². The van der Waals surface area contributed by atoms with Crippen LogP contribution < -0.4 is 4.74 Å². The van der Waals surface area contributed by atoms with Crippen LogP contribution in [0, 0.1) is 17.8 Å². The molecule has 33 heavy (non-hydrogen) atoms. The maximum absolute atomic E-state index is 13.4. The van der Waals surface area contributed by atoms with Crippen molar-refractivity contribution in [1.82, 2.24) is 19.8 Å². The normalized spacial score (nSPS) is 19.1. The third-order valence-electron chi connectivity index (χ3n) is 5.82. The van der Waals surface area contributed by atoms with Crippen LogP contribution in [0.3, 0.4) is 0 Å². The maximum atomic E-state index is 13.4. The van der Waals surface area contributed by atoms with E-state index in [1.165, 1.54) is 5.56 Å². The number of carbonyl (C=O) groups is 1. The number of hydrogen-bond donors (Lipinski definition) is 1. The van der Waals surface area contributed by atoms with Crippen LogP contribution in [0.1, 0.15) is 55.1 Å². The number of aliphatic hydroxyl groups excluding tert-OH is 1. The Hall–Kier alpha value is -2.95. The van der Waals surface area contributed by atoms with Gasteiger partial charge in [0, 0.05) is 56.1 Å². The summed E-state index contributed by atoms with van der Waals surface area (Å²) >= 11 is 0. The van der Waals surface area contributed by atoms with E-state index in [-0.39, 0.29) is 30.6 Å². The van der Waals surface area contributed by atoms with Gasteiger partial charge in [0.1, 0.15) is 11.7 Å². The van der Waals surface area contributed by atoms with E-state index in [9.17, 15) is 9.90 Å². The minimum Gasteiger partial charge on any atom is -0.472 e. The Labute approximate surface area is 196 Å². The lowest BCUT2D eigenvalue weighted by molar-refractivity contribution is 0.0325. The van der Waals surface area contributed by atoms with Gasteiger partial charge in [-0.15, -0.1) is 0 Å². The van der Waals surface area contributed by atoms with Crippen LogP contribution in [0.15, 0.2) is 36.8 Å². The fourth-order valence-electron chi connectivity index (χ4n) is 3.85. The molecule has 3 atom stereocenters.